The third-order valence-electron chi connectivity index (χ3n) is 2.19. The van der Waals surface area contributed by atoms with E-state index in [0.29, 0.717) is 11.3 Å². The SMILES string of the molecule is CC(C)NC(=O)COc1ccc(Br)c(/C=C/C(=O)O)c1. The first-order valence-electron chi connectivity index (χ1n) is 6.01. The number of benzene rings is 1. The molecule has 0 aromatic heterocycles. The van der Waals surface area contributed by atoms with Crippen LogP contribution < -0.4 is 10.1 Å². The van der Waals surface area contributed by atoms with Gasteiger partial charge in [0.15, 0.2) is 6.61 Å². The van der Waals surface area contributed by atoms with Gasteiger partial charge in [0, 0.05) is 16.6 Å². The van der Waals surface area contributed by atoms with Crippen LogP contribution in [0.2, 0.25) is 0 Å². The molecule has 0 aliphatic carbocycles. The van der Waals surface area contributed by atoms with Crippen molar-refractivity contribution < 1.29 is 19.4 Å². The molecule has 1 aromatic rings. The maximum absolute atomic E-state index is 11.5. The van der Waals surface area contributed by atoms with Crippen LogP contribution in [-0.2, 0) is 9.59 Å². The fourth-order valence-electron chi connectivity index (χ4n) is 1.41. The van der Waals surface area contributed by atoms with Crippen LogP contribution in [0.15, 0.2) is 28.7 Å². The molecule has 2 N–H and O–H groups in total. The van der Waals surface area contributed by atoms with E-state index in [1.165, 1.54) is 6.08 Å². The zero-order valence-corrected chi connectivity index (χ0v) is 12.8. The maximum atomic E-state index is 11.5. The van der Waals surface area contributed by atoms with Gasteiger partial charge in [0.05, 0.1) is 0 Å². The number of nitrogens with one attached hydrogen (secondary N) is 1. The second-order valence-electron chi connectivity index (χ2n) is 4.37. The number of carboxylic acids is 1. The summed E-state index contributed by atoms with van der Waals surface area (Å²) < 4.78 is 6.10. The lowest BCUT2D eigenvalue weighted by molar-refractivity contribution is -0.131. The van der Waals surface area contributed by atoms with E-state index in [0.717, 1.165) is 10.5 Å². The predicted octanol–water partition coefficient (Wildman–Crippen LogP) is 2.45. The Hall–Kier alpha value is -1.82. The van der Waals surface area contributed by atoms with E-state index in [9.17, 15) is 9.59 Å². The summed E-state index contributed by atoms with van der Waals surface area (Å²) in [6.07, 6.45) is 2.49. The van der Waals surface area contributed by atoms with E-state index in [-0.39, 0.29) is 18.6 Å². The number of hydrogen-bond acceptors (Lipinski definition) is 3. The minimum absolute atomic E-state index is 0.0603. The molecule has 0 saturated carbocycles. The molecular formula is C14H16BrNO4. The molecule has 0 heterocycles. The highest BCUT2D eigenvalue weighted by Crippen LogP contribution is 2.23. The Bertz CT molecular complexity index is 526. The molecule has 0 aliphatic heterocycles. The van der Waals surface area contributed by atoms with Gasteiger partial charge in [-0.05, 0) is 43.7 Å². The fourth-order valence-corrected chi connectivity index (χ4v) is 1.79. The van der Waals surface area contributed by atoms with Crippen molar-refractivity contribution in [2.45, 2.75) is 19.9 Å². The monoisotopic (exact) mass is 341 g/mol. The molecule has 0 spiro atoms. The molecule has 20 heavy (non-hydrogen) atoms. The largest absolute Gasteiger partial charge is 0.484 e. The minimum Gasteiger partial charge on any atom is -0.484 e. The highest BCUT2D eigenvalue weighted by molar-refractivity contribution is 9.10. The first-order valence-corrected chi connectivity index (χ1v) is 6.80. The van der Waals surface area contributed by atoms with Crippen LogP contribution in [0, 0.1) is 0 Å². The van der Waals surface area contributed by atoms with Crippen molar-refractivity contribution in [2.24, 2.45) is 0 Å². The smallest absolute Gasteiger partial charge is 0.328 e. The van der Waals surface area contributed by atoms with Crippen molar-refractivity contribution in [3.63, 3.8) is 0 Å². The van der Waals surface area contributed by atoms with Gasteiger partial charge in [0.1, 0.15) is 5.75 Å². The molecule has 0 radical (unpaired) electrons. The van der Waals surface area contributed by atoms with E-state index < -0.39 is 5.97 Å². The van der Waals surface area contributed by atoms with E-state index in [1.54, 1.807) is 18.2 Å². The first-order chi connectivity index (χ1) is 9.38. The Morgan fingerprint density at radius 1 is 1.45 bits per heavy atom. The standard InChI is InChI=1S/C14H16BrNO4/c1-9(2)16-13(17)8-20-11-4-5-12(15)10(7-11)3-6-14(18)19/h3-7,9H,8H2,1-2H3,(H,16,17)(H,18,19)/b6-3+. The van der Waals surface area contributed by atoms with E-state index >= 15 is 0 Å². The summed E-state index contributed by atoms with van der Waals surface area (Å²) >= 11 is 3.31. The van der Waals surface area contributed by atoms with Gasteiger partial charge < -0.3 is 15.2 Å². The number of carbonyl (C=O) groups is 2. The second kappa shape index (κ2) is 7.69. The van der Waals surface area contributed by atoms with Crippen LogP contribution >= 0.6 is 15.9 Å². The van der Waals surface area contributed by atoms with Crippen LogP contribution in [0.4, 0.5) is 0 Å². The Kier molecular flexibility index (Phi) is 6.24. The lowest BCUT2D eigenvalue weighted by Gasteiger charge is -2.10. The zero-order chi connectivity index (χ0) is 15.1. The number of halogens is 1. The molecule has 0 fully saturated rings. The second-order valence-corrected chi connectivity index (χ2v) is 5.22. The third-order valence-corrected chi connectivity index (χ3v) is 2.91. The Morgan fingerprint density at radius 3 is 2.75 bits per heavy atom. The van der Waals surface area contributed by atoms with Gasteiger partial charge in [-0.2, -0.15) is 0 Å². The molecule has 108 valence electrons. The third kappa shape index (κ3) is 5.88. The predicted molar refractivity (Wildman–Crippen MR) is 79.6 cm³/mol. The van der Waals surface area contributed by atoms with E-state index in [2.05, 4.69) is 21.2 Å². The lowest BCUT2D eigenvalue weighted by atomic mass is 10.2. The quantitative estimate of drug-likeness (QED) is 0.779. The average molecular weight is 342 g/mol. The number of aliphatic carboxylic acids is 1. The van der Waals surface area contributed by atoms with Crippen molar-refractivity contribution >= 4 is 33.9 Å². The van der Waals surface area contributed by atoms with Crippen LogP contribution in [0.25, 0.3) is 6.08 Å². The Balaban J connectivity index is 2.70. The Labute approximate surface area is 125 Å². The number of amides is 1. The van der Waals surface area contributed by atoms with Gasteiger partial charge in [-0.15, -0.1) is 0 Å². The summed E-state index contributed by atoms with van der Waals surface area (Å²) in [6, 6.07) is 5.15. The number of hydrogen-bond donors (Lipinski definition) is 2. The van der Waals surface area contributed by atoms with Crippen LogP contribution in [0.1, 0.15) is 19.4 Å². The van der Waals surface area contributed by atoms with Crippen molar-refractivity contribution in [2.75, 3.05) is 6.61 Å². The van der Waals surface area contributed by atoms with Crippen LogP contribution in [-0.4, -0.2) is 29.6 Å². The molecule has 6 heteroatoms. The van der Waals surface area contributed by atoms with E-state index in [1.807, 2.05) is 13.8 Å². The van der Waals surface area contributed by atoms with Gasteiger partial charge in [0.25, 0.3) is 5.91 Å². The van der Waals surface area contributed by atoms with Gasteiger partial charge >= 0.3 is 5.97 Å². The Morgan fingerprint density at radius 2 is 2.15 bits per heavy atom. The summed E-state index contributed by atoms with van der Waals surface area (Å²) in [4.78, 5) is 22.0. The summed E-state index contributed by atoms with van der Waals surface area (Å²) in [7, 11) is 0. The minimum atomic E-state index is -1.03. The molecule has 0 saturated heterocycles. The summed E-state index contributed by atoms with van der Waals surface area (Å²) in [5.74, 6) is -0.734. The molecule has 0 atom stereocenters. The first kappa shape index (κ1) is 16.2. The summed E-state index contributed by atoms with van der Waals surface area (Å²) in [5, 5.41) is 11.3. The molecular weight excluding hydrogens is 326 g/mol. The number of carbonyl (C=O) groups excluding carboxylic acids is 1. The summed E-state index contributed by atoms with van der Waals surface area (Å²) in [5.41, 5.74) is 0.661. The number of ether oxygens (including phenoxy) is 1. The molecule has 0 bridgehead atoms. The average Bonchev–Trinajstić information content (AvgIpc) is 2.35. The number of rotatable bonds is 6. The van der Waals surface area contributed by atoms with Crippen LogP contribution in [0.3, 0.4) is 0 Å². The van der Waals surface area contributed by atoms with Gasteiger partial charge in [-0.1, -0.05) is 15.9 Å². The highest BCUT2D eigenvalue weighted by atomic mass is 79.9. The maximum Gasteiger partial charge on any atom is 0.328 e. The van der Waals surface area contributed by atoms with Gasteiger partial charge in [0.2, 0.25) is 0 Å². The normalized spacial score (nSPS) is 10.8. The molecule has 1 rings (SSSR count). The van der Waals surface area contributed by atoms with Crippen LogP contribution in [0.5, 0.6) is 5.75 Å². The van der Waals surface area contributed by atoms with Gasteiger partial charge in [-0.25, -0.2) is 4.79 Å². The van der Waals surface area contributed by atoms with Crippen molar-refractivity contribution in [3.05, 3.63) is 34.3 Å². The van der Waals surface area contributed by atoms with Crippen molar-refractivity contribution in [1.82, 2.24) is 5.32 Å². The number of carboxylic acid groups (broad SMARTS) is 1. The fraction of sp³-hybridized carbons (Fsp3) is 0.286. The summed E-state index contributed by atoms with van der Waals surface area (Å²) in [6.45, 7) is 3.65. The molecule has 1 aromatic carbocycles. The topological polar surface area (TPSA) is 75.6 Å². The molecule has 5 nitrogen and oxygen atoms in total. The zero-order valence-electron chi connectivity index (χ0n) is 11.2. The van der Waals surface area contributed by atoms with Crippen molar-refractivity contribution in [3.8, 4) is 5.75 Å². The molecule has 0 aliphatic rings. The lowest BCUT2D eigenvalue weighted by Crippen LogP contribution is -2.34. The molecule has 1 amide bonds. The van der Waals surface area contributed by atoms with Crippen molar-refractivity contribution in [1.29, 1.82) is 0 Å². The van der Waals surface area contributed by atoms with E-state index in [4.69, 9.17) is 9.84 Å². The van der Waals surface area contributed by atoms with Gasteiger partial charge in [-0.3, -0.25) is 4.79 Å². The highest BCUT2D eigenvalue weighted by Gasteiger charge is 2.05. The molecule has 0 unspecified atom stereocenters.